The van der Waals surface area contributed by atoms with Crippen molar-refractivity contribution in [2.75, 3.05) is 39.7 Å². The Morgan fingerprint density at radius 1 is 1.15 bits per heavy atom. The minimum Gasteiger partial charge on any atom is -0.504 e. The number of guanidine groups is 1. The van der Waals surface area contributed by atoms with Crippen LogP contribution in [-0.2, 0) is 17.6 Å². The van der Waals surface area contributed by atoms with Crippen LogP contribution in [0.1, 0.15) is 50.2 Å². The molecule has 2 aromatic rings. The Labute approximate surface area is 232 Å². The summed E-state index contributed by atoms with van der Waals surface area (Å²) in [5.41, 5.74) is 8.16. The second kappa shape index (κ2) is 17.0. The molecule has 0 amide bonds. The van der Waals surface area contributed by atoms with Crippen LogP contribution in [0.3, 0.4) is 0 Å². The molecule has 0 aliphatic heterocycles. The molecule has 9 nitrogen and oxygen atoms in total. The molecule has 0 unspecified atom stereocenters. The third-order valence-electron chi connectivity index (χ3n) is 6.38. The number of aryl methyl sites for hydroxylation is 1. The summed E-state index contributed by atoms with van der Waals surface area (Å²) in [5, 5.41) is 26.5. The van der Waals surface area contributed by atoms with Gasteiger partial charge in [0.25, 0.3) is 0 Å². The number of ether oxygens (including phenoxy) is 2. The lowest BCUT2D eigenvalue weighted by molar-refractivity contribution is -0.114. The van der Waals surface area contributed by atoms with Crippen LogP contribution in [0, 0.1) is 5.92 Å². The highest BCUT2D eigenvalue weighted by molar-refractivity contribution is 5.94. The number of nitrogens with two attached hydrogens (primary N) is 1. The largest absolute Gasteiger partial charge is 0.504 e. The summed E-state index contributed by atoms with van der Waals surface area (Å²) < 4.78 is 11.0. The lowest BCUT2D eigenvalue weighted by Gasteiger charge is -2.18. The summed E-state index contributed by atoms with van der Waals surface area (Å²) in [4.78, 5) is 16.6. The van der Waals surface area contributed by atoms with Crippen molar-refractivity contribution in [2.24, 2.45) is 16.6 Å². The number of carbonyl (C=O) groups is 1. The van der Waals surface area contributed by atoms with E-state index in [4.69, 9.17) is 15.2 Å². The van der Waals surface area contributed by atoms with Crippen LogP contribution in [0.2, 0.25) is 0 Å². The van der Waals surface area contributed by atoms with Gasteiger partial charge >= 0.3 is 0 Å². The number of aromatic hydroxyl groups is 2. The van der Waals surface area contributed by atoms with Crippen LogP contribution in [0.4, 0.5) is 5.69 Å². The molecule has 6 N–H and O–H groups in total. The minimum absolute atomic E-state index is 0.0273. The van der Waals surface area contributed by atoms with Crippen molar-refractivity contribution >= 4 is 17.4 Å². The molecule has 2 aromatic carbocycles. The maximum Gasteiger partial charge on any atom is 0.192 e. The van der Waals surface area contributed by atoms with E-state index in [2.05, 4.69) is 22.5 Å². The molecule has 1 atom stereocenters. The quantitative estimate of drug-likeness (QED) is 0.0647. The van der Waals surface area contributed by atoms with Gasteiger partial charge in [-0.3, -0.25) is 9.79 Å². The minimum atomic E-state index is -0.0273. The molecule has 0 aliphatic rings. The zero-order valence-electron chi connectivity index (χ0n) is 23.6. The van der Waals surface area contributed by atoms with E-state index in [0.717, 1.165) is 36.8 Å². The monoisotopic (exact) mass is 540 g/mol. The third-order valence-corrected chi connectivity index (χ3v) is 6.38. The Balaban J connectivity index is 2.19. The molecule has 0 saturated carbocycles. The SMILES string of the molecule is CCCCC[C@H](C=CC(=O)CCc1ccc(O)c(OC)c1)Cc1cc(NC(N)=NC)c(O)c(OCCNC)c1. The lowest BCUT2D eigenvalue weighted by Crippen LogP contribution is -2.22. The summed E-state index contributed by atoms with van der Waals surface area (Å²) in [7, 11) is 4.90. The molecule has 39 heavy (non-hydrogen) atoms. The molecule has 0 saturated heterocycles. The molecule has 0 aromatic heterocycles. The highest BCUT2D eigenvalue weighted by Crippen LogP contribution is 2.37. The van der Waals surface area contributed by atoms with Crippen molar-refractivity contribution < 1.29 is 24.5 Å². The molecule has 214 valence electrons. The predicted molar refractivity (Wildman–Crippen MR) is 157 cm³/mol. The van der Waals surface area contributed by atoms with Gasteiger partial charge in [0.1, 0.15) is 6.61 Å². The smallest absolute Gasteiger partial charge is 0.192 e. The van der Waals surface area contributed by atoms with E-state index in [1.165, 1.54) is 7.11 Å². The molecular formula is C30H44N4O5. The average Bonchev–Trinajstić information content (AvgIpc) is 2.93. The second-order valence-electron chi connectivity index (χ2n) is 9.47. The van der Waals surface area contributed by atoms with Gasteiger partial charge in [-0.2, -0.15) is 0 Å². The third kappa shape index (κ3) is 10.9. The summed E-state index contributed by atoms with van der Waals surface area (Å²) in [6.07, 6.45) is 9.48. The zero-order chi connectivity index (χ0) is 28.6. The number of benzene rings is 2. The topological polar surface area (TPSA) is 138 Å². The van der Waals surface area contributed by atoms with Crippen molar-refractivity contribution in [2.45, 2.75) is 51.9 Å². The number of allylic oxidation sites excluding steroid dienone is 2. The van der Waals surface area contributed by atoms with Gasteiger partial charge in [-0.05, 0) is 73.7 Å². The normalized spacial score (nSPS) is 12.5. The molecule has 2 rings (SSSR count). The maximum atomic E-state index is 12.7. The van der Waals surface area contributed by atoms with Gasteiger partial charge in [-0.25, -0.2) is 0 Å². The number of ketones is 1. The Bertz CT molecular complexity index is 1120. The van der Waals surface area contributed by atoms with Gasteiger partial charge in [0.15, 0.2) is 34.7 Å². The van der Waals surface area contributed by atoms with E-state index >= 15 is 0 Å². The van der Waals surface area contributed by atoms with Gasteiger partial charge in [0.2, 0.25) is 0 Å². The first-order valence-electron chi connectivity index (χ1n) is 13.5. The van der Waals surface area contributed by atoms with Crippen LogP contribution >= 0.6 is 0 Å². The fourth-order valence-electron chi connectivity index (χ4n) is 4.14. The predicted octanol–water partition coefficient (Wildman–Crippen LogP) is 4.56. The van der Waals surface area contributed by atoms with Crippen LogP contribution in [0.15, 0.2) is 47.5 Å². The number of carbonyl (C=O) groups excluding carboxylic acids is 1. The van der Waals surface area contributed by atoms with E-state index < -0.39 is 0 Å². The fourth-order valence-corrected chi connectivity index (χ4v) is 4.14. The number of hydrogen-bond donors (Lipinski definition) is 5. The van der Waals surface area contributed by atoms with Gasteiger partial charge < -0.3 is 36.1 Å². The summed E-state index contributed by atoms with van der Waals surface area (Å²) in [5.74, 6) is 1.17. The molecule has 0 bridgehead atoms. The molecule has 0 spiro atoms. The number of hydrogen-bond acceptors (Lipinski definition) is 7. The first kappa shape index (κ1) is 31.5. The number of aliphatic imine (C=N–C) groups is 1. The Morgan fingerprint density at radius 2 is 1.92 bits per heavy atom. The first-order valence-corrected chi connectivity index (χ1v) is 13.5. The summed E-state index contributed by atoms with van der Waals surface area (Å²) in [6.45, 7) is 3.19. The van der Waals surface area contributed by atoms with Crippen molar-refractivity contribution in [1.29, 1.82) is 0 Å². The number of nitrogens with zero attached hydrogens (tertiary/aromatic N) is 1. The van der Waals surface area contributed by atoms with Crippen molar-refractivity contribution in [3.05, 3.63) is 53.6 Å². The molecule has 0 heterocycles. The first-order chi connectivity index (χ1) is 18.8. The Kier molecular flexibility index (Phi) is 13.7. The summed E-state index contributed by atoms with van der Waals surface area (Å²) in [6, 6.07) is 8.82. The number of phenolic OH excluding ortho intramolecular Hbond substituents is 2. The number of nitrogens with one attached hydrogen (secondary N) is 2. The maximum absolute atomic E-state index is 12.7. The fraction of sp³-hybridized carbons (Fsp3) is 0.467. The number of phenols is 2. The van der Waals surface area contributed by atoms with Crippen LogP contribution in [0.5, 0.6) is 23.0 Å². The second-order valence-corrected chi connectivity index (χ2v) is 9.47. The van der Waals surface area contributed by atoms with E-state index in [1.54, 1.807) is 31.3 Å². The molecule has 0 fully saturated rings. The number of methoxy groups -OCH3 is 1. The van der Waals surface area contributed by atoms with Crippen LogP contribution < -0.4 is 25.8 Å². The van der Waals surface area contributed by atoms with Gasteiger partial charge in [0, 0.05) is 20.0 Å². The highest BCUT2D eigenvalue weighted by atomic mass is 16.5. The lowest BCUT2D eigenvalue weighted by atomic mass is 9.92. The van der Waals surface area contributed by atoms with E-state index in [-0.39, 0.29) is 29.2 Å². The molecular weight excluding hydrogens is 496 g/mol. The Morgan fingerprint density at radius 3 is 2.62 bits per heavy atom. The standard InChI is InChI=1S/C30H44N4O5/c1-5-6-7-8-21(9-12-24(35)13-10-22-11-14-26(36)27(19-22)38-4)17-23-18-25(34-30(31)33-3)29(37)28(20-23)39-16-15-32-2/h9,11-12,14,18-21,32,36-37H,5-8,10,13,15-17H2,1-4H3,(H3,31,33,34)/t21-/m1/s1. The van der Waals surface area contributed by atoms with Crippen molar-refractivity contribution in [3.63, 3.8) is 0 Å². The number of anilines is 1. The molecule has 0 radical (unpaired) electrons. The van der Waals surface area contributed by atoms with Gasteiger partial charge in [0.05, 0.1) is 12.8 Å². The van der Waals surface area contributed by atoms with Gasteiger partial charge in [-0.1, -0.05) is 38.3 Å². The highest BCUT2D eigenvalue weighted by Gasteiger charge is 2.15. The van der Waals surface area contributed by atoms with E-state index in [9.17, 15) is 15.0 Å². The van der Waals surface area contributed by atoms with E-state index in [0.29, 0.717) is 49.6 Å². The summed E-state index contributed by atoms with van der Waals surface area (Å²) >= 11 is 0. The number of rotatable bonds is 17. The number of unbranched alkanes of at least 4 members (excludes halogenated alkanes) is 2. The molecule has 0 aliphatic carbocycles. The number of likely N-dealkylation sites (N-methyl/N-ethyl adjacent to an activating group) is 1. The zero-order valence-corrected chi connectivity index (χ0v) is 23.6. The van der Waals surface area contributed by atoms with Crippen molar-refractivity contribution in [1.82, 2.24) is 5.32 Å². The molecule has 9 heteroatoms. The van der Waals surface area contributed by atoms with Crippen LogP contribution in [0.25, 0.3) is 0 Å². The average molecular weight is 541 g/mol. The van der Waals surface area contributed by atoms with Gasteiger partial charge in [-0.15, -0.1) is 0 Å². The van der Waals surface area contributed by atoms with Crippen LogP contribution in [-0.4, -0.2) is 56.3 Å². The Hall–Kier alpha value is -3.72. The van der Waals surface area contributed by atoms with Crippen molar-refractivity contribution in [3.8, 4) is 23.0 Å². The van der Waals surface area contributed by atoms with E-state index in [1.807, 2.05) is 25.3 Å².